The van der Waals surface area contributed by atoms with Crippen LogP contribution >= 0.6 is 11.3 Å². The average Bonchev–Trinajstić information content (AvgIpc) is 3.23. The van der Waals surface area contributed by atoms with Gasteiger partial charge in [0.25, 0.3) is 5.91 Å². The van der Waals surface area contributed by atoms with Gasteiger partial charge >= 0.3 is 0 Å². The summed E-state index contributed by atoms with van der Waals surface area (Å²) < 4.78 is 6.90. The van der Waals surface area contributed by atoms with E-state index in [9.17, 15) is 4.79 Å². The molecule has 1 amide bonds. The van der Waals surface area contributed by atoms with Crippen LogP contribution in [0, 0.1) is 6.92 Å². The second-order valence-corrected chi connectivity index (χ2v) is 5.89. The Balaban J connectivity index is 1.71. The molecule has 0 fully saturated rings. The Kier molecular flexibility index (Phi) is 3.20. The van der Waals surface area contributed by atoms with E-state index in [-0.39, 0.29) is 5.91 Å². The highest BCUT2D eigenvalue weighted by Gasteiger charge is 2.16. The molecule has 0 saturated carbocycles. The Morgan fingerprint density at radius 1 is 1.35 bits per heavy atom. The molecule has 4 aromatic rings. The molecule has 0 saturated heterocycles. The number of para-hydroxylation sites is 1. The van der Waals surface area contributed by atoms with Crippen LogP contribution < -0.4 is 5.32 Å². The highest BCUT2D eigenvalue weighted by atomic mass is 32.1. The molecule has 0 atom stereocenters. The number of fused-ring (bicyclic) bond motifs is 1. The summed E-state index contributed by atoms with van der Waals surface area (Å²) >= 11 is 1.57. The number of benzene rings is 1. The van der Waals surface area contributed by atoms with Crippen molar-refractivity contribution in [2.45, 2.75) is 6.92 Å². The largest absolute Gasteiger partial charge is 0.361 e. The van der Waals surface area contributed by atoms with E-state index < -0.39 is 0 Å². The van der Waals surface area contributed by atoms with Gasteiger partial charge in [0.05, 0.1) is 17.6 Å². The molecule has 0 aliphatic carbocycles. The second kappa shape index (κ2) is 5.36. The summed E-state index contributed by atoms with van der Waals surface area (Å²) in [6, 6.07) is 7.58. The lowest BCUT2D eigenvalue weighted by Gasteiger charge is -2.08. The van der Waals surface area contributed by atoms with Gasteiger partial charge in [-0.2, -0.15) is 0 Å². The Morgan fingerprint density at radius 2 is 2.22 bits per heavy atom. The highest BCUT2D eigenvalue weighted by molar-refractivity contribution is 7.15. The fourth-order valence-electron chi connectivity index (χ4n) is 2.38. The number of imidazole rings is 1. The van der Waals surface area contributed by atoms with Gasteiger partial charge in [-0.1, -0.05) is 23.4 Å². The number of thiazole rings is 1. The van der Waals surface area contributed by atoms with Crippen molar-refractivity contribution in [3.63, 3.8) is 0 Å². The van der Waals surface area contributed by atoms with Crippen molar-refractivity contribution >= 4 is 27.9 Å². The lowest BCUT2D eigenvalue weighted by molar-refractivity contribution is 0.102. The van der Waals surface area contributed by atoms with Crippen LogP contribution in [-0.4, -0.2) is 20.4 Å². The minimum atomic E-state index is -0.253. The molecule has 3 heterocycles. The summed E-state index contributed by atoms with van der Waals surface area (Å²) in [5.74, 6) is 0.236. The van der Waals surface area contributed by atoms with E-state index in [1.807, 2.05) is 46.4 Å². The van der Waals surface area contributed by atoms with Gasteiger partial charge in [0.1, 0.15) is 11.3 Å². The first-order chi connectivity index (χ1) is 11.2. The summed E-state index contributed by atoms with van der Waals surface area (Å²) in [5, 5.41) is 8.52. The van der Waals surface area contributed by atoms with Crippen LogP contribution in [0.2, 0.25) is 0 Å². The van der Waals surface area contributed by atoms with Crippen molar-refractivity contribution in [2.24, 2.45) is 0 Å². The van der Waals surface area contributed by atoms with Crippen LogP contribution in [0.1, 0.15) is 16.1 Å². The molecule has 0 unspecified atom stereocenters. The fraction of sp³-hybridized carbons (Fsp3) is 0.0625. The summed E-state index contributed by atoms with van der Waals surface area (Å²) in [7, 11) is 0. The molecule has 1 N–H and O–H groups in total. The minimum absolute atomic E-state index is 0.253. The highest BCUT2D eigenvalue weighted by Crippen LogP contribution is 2.28. The number of nitrogens with one attached hydrogen (secondary N) is 1. The first-order valence-corrected chi connectivity index (χ1v) is 7.84. The summed E-state index contributed by atoms with van der Waals surface area (Å²) in [4.78, 5) is 17.9. The Hall–Kier alpha value is -2.93. The number of carbonyl (C=O) groups is 1. The predicted octanol–water partition coefficient (Wildman–Crippen LogP) is 3.61. The zero-order chi connectivity index (χ0) is 15.8. The smallest absolute Gasteiger partial charge is 0.260 e. The van der Waals surface area contributed by atoms with Gasteiger partial charge in [0.2, 0.25) is 0 Å². The Bertz CT molecular complexity index is 970. The van der Waals surface area contributed by atoms with Crippen LogP contribution in [0.5, 0.6) is 0 Å². The van der Waals surface area contributed by atoms with E-state index in [4.69, 9.17) is 4.52 Å². The normalized spacial score (nSPS) is 11.0. The average molecular weight is 324 g/mol. The number of carbonyl (C=O) groups excluding carboxylic acids is 1. The Morgan fingerprint density at radius 3 is 3.00 bits per heavy atom. The predicted molar refractivity (Wildman–Crippen MR) is 87.7 cm³/mol. The molecule has 1 aromatic carbocycles. The molecule has 4 rings (SSSR count). The van der Waals surface area contributed by atoms with Gasteiger partial charge in [-0.05, 0) is 13.0 Å². The number of hydrogen-bond donors (Lipinski definition) is 1. The second-order valence-electron chi connectivity index (χ2n) is 5.01. The van der Waals surface area contributed by atoms with Gasteiger partial charge in [-0.25, -0.2) is 4.98 Å². The SMILES string of the molecule is Cc1oncc1C(=O)Nc1ccccc1-c1cn2ccsc2n1. The maximum Gasteiger partial charge on any atom is 0.260 e. The number of rotatable bonds is 3. The third kappa shape index (κ3) is 2.40. The van der Waals surface area contributed by atoms with Crippen LogP contribution in [0.15, 0.2) is 52.8 Å². The molecule has 3 aromatic heterocycles. The topological polar surface area (TPSA) is 72.4 Å². The van der Waals surface area contributed by atoms with Gasteiger partial charge in [-0.15, -0.1) is 11.3 Å². The molecule has 7 heteroatoms. The molecule has 0 radical (unpaired) electrons. The van der Waals surface area contributed by atoms with E-state index in [1.54, 1.807) is 18.3 Å². The first kappa shape index (κ1) is 13.7. The lowest BCUT2D eigenvalue weighted by Crippen LogP contribution is -2.12. The summed E-state index contributed by atoms with van der Waals surface area (Å²) in [5.41, 5.74) is 2.80. The molecule has 6 nitrogen and oxygen atoms in total. The van der Waals surface area contributed by atoms with E-state index in [0.29, 0.717) is 17.0 Å². The van der Waals surface area contributed by atoms with E-state index in [2.05, 4.69) is 15.5 Å². The molecule has 114 valence electrons. The van der Waals surface area contributed by atoms with Gasteiger partial charge in [0, 0.05) is 23.3 Å². The fourth-order valence-corrected chi connectivity index (χ4v) is 3.08. The van der Waals surface area contributed by atoms with Crippen LogP contribution in [0.25, 0.3) is 16.2 Å². The quantitative estimate of drug-likeness (QED) is 0.625. The number of nitrogens with zero attached hydrogens (tertiary/aromatic N) is 3. The maximum atomic E-state index is 12.4. The third-order valence-corrected chi connectivity index (χ3v) is 4.31. The van der Waals surface area contributed by atoms with E-state index >= 15 is 0 Å². The van der Waals surface area contributed by atoms with E-state index in [0.717, 1.165) is 16.2 Å². The number of aryl methyl sites for hydroxylation is 1. The van der Waals surface area contributed by atoms with Crippen molar-refractivity contribution in [3.8, 4) is 11.3 Å². The van der Waals surface area contributed by atoms with Crippen LogP contribution in [-0.2, 0) is 0 Å². The van der Waals surface area contributed by atoms with Crippen molar-refractivity contribution in [2.75, 3.05) is 5.32 Å². The molecule has 23 heavy (non-hydrogen) atoms. The monoisotopic (exact) mass is 324 g/mol. The third-order valence-electron chi connectivity index (χ3n) is 3.54. The maximum absolute atomic E-state index is 12.4. The molecular weight excluding hydrogens is 312 g/mol. The molecule has 0 aliphatic heterocycles. The van der Waals surface area contributed by atoms with Crippen molar-refractivity contribution in [3.05, 3.63) is 59.6 Å². The zero-order valence-corrected chi connectivity index (χ0v) is 13.0. The summed E-state index contributed by atoms with van der Waals surface area (Å²) in [6.45, 7) is 1.71. The zero-order valence-electron chi connectivity index (χ0n) is 12.2. The molecule has 0 aliphatic rings. The minimum Gasteiger partial charge on any atom is -0.361 e. The number of aromatic nitrogens is 3. The standard InChI is InChI=1S/C16H12N4O2S/c1-10-12(8-17-22-10)15(21)18-13-5-3-2-4-11(13)14-9-20-6-7-23-16(20)19-14/h2-9H,1H3,(H,18,21). The van der Waals surface area contributed by atoms with Crippen molar-refractivity contribution in [1.82, 2.24) is 14.5 Å². The first-order valence-electron chi connectivity index (χ1n) is 6.96. The number of hydrogen-bond acceptors (Lipinski definition) is 5. The number of anilines is 1. The molecular formula is C16H12N4O2S. The van der Waals surface area contributed by atoms with Crippen LogP contribution in [0.4, 0.5) is 5.69 Å². The van der Waals surface area contributed by atoms with Gasteiger partial charge in [0.15, 0.2) is 4.96 Å². The van der Waals surface area contributed by atoms with Gasteiger partial charge < -0.3 is 9.84 Å². The lowest BCUT2D eigenvalue weighted by atomic mass is 10.1. The Labute approximate surface area is 135 Å². The van der Waals surface area contributed by atoms with Crippen molar-refractivity contribution in [1.29, 1.82) is 0 Å². The molecule has 0 bridgehead atoms. The number of amides is 1. The van der Waals surface area contributed by atoms with Crippen molar-refractivity contribution < 1.29 is 9.32 Å². The molecule has 0 spiro atoms. The van der Waals surface area contributed by atoms with E-state index in [1.165, 1.54) is 6.20 Å². The summed E-state index contributed by atoms with van der Waals surface area (Å²) in [6.07, 6.45) is 5.32. The van der Waals surface area contributed by atoms with Gasteiger partial charge in [-0.3, -0.25) is 9.20 Å². The van der Waals surface area contributed by atoms with Crippen LogP contribution in [0.3, 0.4) is 0 Å².